The standard InChI is InChI=1S/C16H26N2O/c1-19-13-15-7-10-18(11-8-15)9-3-5-14-4-2-6-16(17)12-14/h2,4,6,12,15H,3,5,7-11,13,17H2,1H3. The Kier molecular flexibility index (Phi) is 5.67. The fourth-order valence-corrected chi connectivity index (χ4v) is 2.87. The predicted molar refractivity (Wildman–Crippen MR) is 80.2 cm³/mol. The number of benzene rings is 1. The van der Waals surface area contributed by atoms with Gasteiger partial charge in [-0.25, -0.2) is 0 Å². The molecule has 0 aliphatic carbocycles. The van der Waals surface area contributed by atoms with Gasteiger partial charge in [-0.1, -0.05) is 12.1 Å². The van der Waals surface area contributed by atoms with Crippen LogP contribution < -0.4 is 5.73 Å². The van der Waals surface area contributed by atoms with E-state index in [0.29, 0.717) is 0 Å². The molecule has 2 rings (SSSR count). The second-order valence-corrected chi connectivity index (χ2v) is 5.59. The molecule has 1 aromatic rings. The Bertz CT molecular complexity index is 373. The van der Waals surface area contributed by atoms with Crippen molar-refractivity contribution in [3.63, 3.8) is 0 Å². The zero-order chi connectivity index (χ0) is 13.5. The number of nitrogens with zero attached hydrogens (tertiary/aromatic N) is 1. The normalized spacial score (nSPS) is 17.7. The second kappa shape index (κ2) is 7.51. The van der Waals surface area contributed by atoms with Crippen LogP contribution in [0.3, 0.4) is 0 Å². The van der Waals surface area contributed by atoms with Crippen molar-refractivity contribution in [3.05, 3.63) is 29.8 Å². The van der Waals surface area contributed by atoms with Crippen LogP contribution in [-0.2, 0) is 11.2 Å². The Morgan fingerprint density at radius 2 is 2.11 bits per heavy atom. The number of rotatable bonds is 6. The van der Waals surface area contributed by atoms with E-state index in [1.807, 2.05) is 12.1 Å². The van der Waals surface area contributed by atoms with E-state index >= 15 is 0 Å². The van der Waals surface area contributed by atoms with Crippen LogP contribution in [0.15, 0.2) is 24.3 Å². The molecule has 0 radical (unpaired) electrons. The van der Waals surface area contributed by atoms with Crippen LogP contribution in [0.4, 0.5) is 5.69 Å². The molecule has 1 aliphatic heterocycles. The Morgan fingerprint density at radius 1 is 1.32 bits per heavy atom. The maximum absolute atomic E-state index is 5.79. The number of ether oxygens (including phenoxy) is 1. The summed E-state index contributed by atoms with van der Waals surface area (Å²) in [6.07, 6.45) is 4.92. The zero-order valence-corrected chi connectivity index (χ0v) is 12.0. The highest BCUT2D eigenvalue weighted by molar-refractivity contribution is 5.40. The van der Waals surface area contributed by atoms with Gasteiger partial charge >= 0.3 is 0 Å². The van der Waals surface area contributed by atoms with E-state index in [2.05, 4.69) is 17.0 Å². The van der Waals surface area contributed by atoms with Crippen LogP contribution in [0.1, 0.15) is 24.8 Å². The van der Waals surface area contributed by atoms with E-state index in [1.54, 1.807) is 7.11 Å². The number of hydrogen-bond donors (Lipinski definition) is 1. The summed E-state index contributed by atoms with van der Waals surface area (Å²) in [5.41, 5.74) is 8.02. The SMILES string of the molecule is COCC1CCN(CCCc2cccc(N)c2)CC1. The zero-order valence-electron chi connectivity index (χ0n) is 12.0. The molecule has 0 bridgehead atoms. The Labute approximate surface area is 116 Å². The first kappa shape index (κ1) is 14.4. The molecule has 1 aromatic carbocycles. The fourth-order valence-electron chi connectivity index (χ4n) is 2.87. The number of piperidine rings is 1. The van der Waals surface area contributed by atoms with Crippen molar-refractivity contribution in [2.24, 2.45) is 5.92 Å². The maximum Gasteiger partial charge on any atom is 0.0491 e. The molecule has 0 aromatic heterocycles. The molecule has 0 saturated carbocycles. The number of methoxy groups -OCH3 is 1. The van der Waals surface area contributed by atoms with Gasteiger partial charge in [-0.3, -0.25) is 0 Å². The van der Waals surface area contributed by atoms with Gasteiger partial charge in [-0.15, -0.1) is 0 Å². The summed E-state index contributed by atoms with van der Waals surface area (Å²) in [5.74, 6) is 0.773. The quantitative estimate of drug-likeness (QED) is 0.801. The lowest BCUT2D eigenvalue weighted by Gasteiger charge is -2.31. The second-order valence-electron chi connectivity index (χ2n) is 5.59. The summed E-state index contributed by atoms with van der Waals surface area (Å²) in [4.78, 5) is 2.58. The fraction of sp³-hybridized carbons (Fsp3) is 0.625. The smallest absolute Gasteiger partial charge is 0.0491 e. The summed E-state index contributed by atoms with van der Waals surface area (Å²) in [6, 6.07) is 8.25. The molecule has 1 aliphatic rings. The van der Waals surface area contributed by atoms with Crippen LogP contribution in [0.2, 0.25) is 0 Å². The van der Waals surface area contributed by atoms with Crippen molar-refractivity contribution in [3.8, 4) is 0 Å². The van der Waals surface area contributed by atoms with Crippen molar-refractivity contribution >= 4 is 5.69 Å². The van der Waals surface area contributed by atoms with Crippen LogP contribution in [0.5, 0.6) is 0 Å². The monoisotopic (exact) mass is 262 g/mol. The number of likely N-dealkylation sites (tertiary alicyclic amines) is 1. The number of anilines is 1. The van der Waals surface area contributed by atoms with Gasteiger partial charge in [0.1, 0.15) is 0 Å². The van der Waals surface area contributed by atoms with Crippen LogP contribution in [0, 0.1) is 5.92 Å². The van der Waals surface area contributed by atoms with Crippen LogP contribution in [0.25, 0.3) is 0 Å². The van der Waals surface area contributed by atoms with Gasteiger partial charge in [-0.2, -0.15) is 0 Å². The highest BCUT2D eigenvalue weighted by Gasteiger charge is 2.18. The minimum Gasteiger partial charge on any atom is -0.399 e. The third-order valence-electron chi connectivity index (χ3n) is 4.00. The molecule has 0 atom stereocenters. The molecule has 0 unspecified atom stereocenters. The molecule has 1 saturated heterocycles. The van der Waals surface area contributed by atoms with Crippen molar-refractivity contribution in [1.29, 1.82) is 0 Å². The van der Waals surface area contributed by atoms with Gasteiger partial charge in [-0.05, 0) is 68.9 Å². The van der Waals surface area contributed by atoms with Crippen molar-refractivity contribution < 1.29 is 4.74 Å². The van der Waals surface area contributed by atoms with E-state index in [-0.39, 0.29) is 0 Å². The van der Waals surface area contributed by atoms with Crippen molar-refractivity contribution in [2.75, 3.05) is 39.1 Å². The van der Waals surface area contributed by atoms with Crippen molar-refractivity contribution in [2.45, 2.75) is 25.7 Å². The Hall–Kier alpha value is -1.06. The predicted octanol–water partition coefficient (Wildman–Crippen LogP) is 2.56. The average molecular weight is 262 g/mol. The van der Waals surface area contributed by atoms with Crippen LogP contribution >= 0.6 is 0 Å². The molecule has 106 valence electrons. The van der Waals surface area contributed by atoms with Gasteiger partial charge in [0.25, 0.3) is 0 Å². The summed E-state index contributed by atoms with van der Waals surface area (Å²) >= 11 is 0. The maximum atomic E-state index is 5.79. The molecule has 3 nitrogen and oxygen atoms in total. The molecule has 0 spiro atoms. The molecule has 19 heavy (non-hydrogen) atoms. The number of nitrogens with two attached hydrogens (primary N) is 1. The van der Waals surface area contributed by atoms with Gasteiger partial charge in [0, 0.05) is 19.4 Å². The summed E-state index contributed by atoms with van der Waals surface area (Å²) in [7, 11) is 1.80. The molecule has 0 amide bonds. The lowest BCUT2D eigenvalue weighted by molar-refractivity contribution is 0.0991. The summed E-state index contributed by atoms with van der Waals surface area (Å²) in [5, 5.41) is 0. The molecule has 3 heteroatoms. The Balaban J connectivity index is 1.64. The highest BCUT2D eigenvalue weighted by Crippen LogP contribution is 2.18. The third kappa shape index (κ3) is 4.84. The van der Waals surface area contributed by atoms with Crippen molar-refractivity contribution in [1.82, 2.24) is 4.90 Å². The van der Waals surface area contributed by atoms with Gasteiger partial charge in [0.2, 0.25) is 0 Å². The lowest BCUT2D eigenvalue weighted by Crippen LogP contribution is -2.35. The van der Waals surface area contributed by atoms with E-state index in [1.165, 1.54) is 44.5 Å². The van der Waals surface area contributed by atoms with E-state index in [9.17, 15) is 0 Å². The average Bonchev–Trinajstić information content (AvgIpc) is 2.41. The number of aryl methyl sites for hydroxylation is 1. The Morgan fingerprint density at radius 3 is 2.79 bits per heavy atom. The first-order valence-corrected chi connectivity index (χ1v) is 7.33. The number of nitrogen functional groups attached to an aromatic ring is 1. The van der Waals surface area contributed by atoms with Crippen LogP contribution in [-0.4, -0.2) is 38.3 Å². The summed E-state index contributed by atoms with van der Waals surface area (Å²) in [6.45, 7) is 4.58. The highest BCUT2D eigenvalue weighted by atomic mass is 16.5. The molecule has 2 N–H and O–H groups in total. The van der Waals surface area contributed by atoms with E-state index < -0.39 is 0 Å². The number of hydrogen-bond acceptors (Lipinski definition) is 3. The largest absolute Gasteiger partial charge is 0.399 e. The summed E-state index contributed by atoms with van der Waals surface area (Å²) < 4.78 is 5.24. The van der Waals surface area contributed by atoms with E-state index in [4.69, 9.17) is 10.5 Å². The topological polar surface area (TPSA) is 38.5 Å². The molecular weight excluding hydrogens is 236 g/mol. The third-order valence-corrected chi connectivity index (χ3v) is 4.00. The van der Waals surface area contributed by atoms with E-state index in [0.717, 1.165) is 24.6 Å². The van der Waals surface area contributed by atoms with Gasteiger partial charge in [0.15, 0.2) is 0 Å². The van der Waals surface area contributed by atoms with Gasteiger partial charge in [0.05, 0.1) is 0 Å². The first-order valence-electron chi connectivity index (χ1n) is 7.33. The minimum absolute atomic E-state index is 0.773. The lowest BCUT2D eigenvalue weighted by atomic mass is 9.97. The molecular formula is C16H26N2O. The molecule has 1 heterocycles. The minimum atomic E-state index is 0.773. The first-order chi connectivity index (χ1) is 9.28. The molecule has 1 fully saturated rings. The van der Waals surface area contributed by atoms with Gasteiger partial charge < -0.3 is 15.4 Å².